The Bertz CT molecular complexity index is 1270. The Balaban J connectivity index is 1.74. The number of para-hydroxylation sites is 1. The van der Waals surface area contributed by atoms with Crippen molar-refractivity contribution < 1.29 is 4.74 Å². The molecule has 1 heterocycles. The lowest BCUT2D eigenvalue weighted by Crippen LogP contribution is -1.98. The summed E-state index contributed by atoms with van der Waals surface area (Å²) in [4.78, 5) is 0. The number of benzene rings is 4. The second kappa shape index (κ2) is 7.44. The van der Waals surface area contributed by atoms with Crippen LogP contribution in [-0.2, 0) is 12.8 Å². The van der Waals surface area contributed by atoms with Crippen LogP contribution in [0.2, 0.25) is 0 Å². The number of hydrogen-bond acceptors (Lipinski definition) is 2. The summed E-state index contributed by atoms with van der Waals surface area (Å²) in [6.45, 7) is 0. The van der Waals surface area contributed by atoms with Crippen molar-refractivity contribution >= 4 is 21.7 Å². The van der Waals surface area contributed by atoms with Gasteiger partial charge in [-0.25, -0.2) is 4.68 Å². The quantitative estimate of drug-likeness (QED) is 0.377. The fourth-order valence-electron chi connectivity index (χ4n) is 4.02. The number of methoxy groups -OCH3 is 1. The molecule has 0 N–H and O–H groups in total. The lowest BCUT2D eigenvalue weighted by atomic mass is 10.0. The lowest BCUT2D eigenvalue weighted by Gasteiger charge is -2.09. The molecule has 1 aromatic heterocycles. The van der Waals surface area contributed by atoms with Gasteiger partial charge in [-0.2, -0.15) is 5.10 Å². The Labute approximate surface area is 170 Å². The van der Waals surface area contributed by atoms with E-state index in [2.05, 4.69) is 89.6 Å². The average Bonchev–Trinajstić information content (AvgIpc) is 3.17. The standard InChI is InChI=1S/C26H22N2O/c1-29-25-18-23-24(17-16-19-10-4-2-5-11-19)27-28(20-12-6-3-7-13-20)26(23)22-15-9-8-14-21(22)25/h2-15,18H,16-17H2,1H3. The lowest BCUT2D eigenvalue weighted by molar-refractivity contribution is 0.420. The first-order chi connectivity index (χ1) is 14.3. The highest BCUT2D eigenvalue weighted by atomic mass is 16.5. The Kier molecular flexibility index (Phi) is 4.49. The van der Waals surface area contributed by atoms with Gasteiger partial charge in [-0.15, -0.1) is 0 Å². The fourth-order valence-corrected chi connectivity index (χ4v) is 4.02. The van der Waals surface area contributed by atoms with Crippen LogP contribution < -0.4 is 4.74 Å². The van der Waals surface area contributed by atoms with Crippen LogP contribution in [0.4, 0.5) is 0 Å². The number of aryl methyl sites for hydroxylation is 2. The molecule has 0 aliphatic carbocycles. The van der Waals surface area contributed by atoms with E-state index in [1.807, 2.05) is 6.07 Å². The first-order valence-corrected chi connectivity index (χ1v) is 9.92. The van der Waals surface area contributed by atoms with Crippen LogP contribution in [0.3, 0.4) is 0 Å². The van der Waals surface area contributed by atoms with Gasteiger partial charge in [0.15, 0.2) is 0 Å². The molecule has 0 aliphatic heterocycles. The molecule has 3 heteroatoms. The predicted molar refractivity (Wildman–Crippen MR) is 119 cm³/mol. The van der Waals surface area contributed by atoms with E-state index in [1.165, 1.54) is 5.56 Å². The maximum Gasteiger partial charge on any atom is 0.127 e. The highest BCUT2D eigenvalue weighted by Gasteiger charge is 2.17. The smallest absolute Gasteiger partial charge is 0.127 e. The topological polar surface area (TPSA) is 27.1 Å². The van der Waals surface area contributed by atoms with Crippen LogP contribution in [-0.4, -0.2) is 16.9 Å². The molecule has 0 unspecified atom stereocenters. The second-order valence-corrected chi connectivity index (χ2v) is 7.20. The maximum atomic E-state index is 5.73. The van der Waals surface area contributed by atoms with Crippen LogP contribution in [0.5, 0.6) is 5.75 Å². The number of nitrogens with zero attached hydrogens (tertiary/aromatic N) is 2. The van der Waals surface area contributed by atoms with Crippen LogP contribution >= 0.6 is 0 Å². The van der Waals surface area contributed by atoms with Gasteiger partial charge in [0, 0.05) is 16.2 Å². The van der Waals surface area contributed by atoms with Gasteiger partial charge < -0.3 is 4.74 Å². The van der Waals surface area contributed by atoms with Crippen molar-refractivity contribution in [3.05, 3.63) is 102 Å². The minimum atomic E-state index is 0.877. The number of aromatic nitrogens is 2. The van der Waals surface area contributed by atoms with Gasteiger partial charge in [0.2, 0.25) is 0 Å². The van der Waals surface area contributed by atoms with Gasteiger partial charge in [-0.3, -0.25) is 0 Å². The zero-order valence-electron chi connectivity index (χ0n) is 16.4. The van der Waals surface area contributed by atoms with Crippen molar-refractivity contribution in [1.29, 1.82) is 0 Å². The van der Waals surface area contributed by atoms with Crippen molar-refractivity contribution in [2.24, 2.45) is 0 Å². The summed E-state index contributed by atoms with van der Waals surface area (Å²) < 4.78 is 7.81. The van der Waals surface area contributed by atoms with E-state index in [0.29, 0.717) is 0 Å². The third kappa shape index (κ3) is 3.15. The summed E-state index contributed by atoms with van der Waals surface area (Å²) in [5.41, 5.74) is 4.62. The molecular weight excluding hydrogens is 356 g/mol. The summed E-state index contributed by atoms with van der Waals surface area (Å²) in [5.74, 6) is 0.890. The van der Waals surface area contributed by atoms with Crippen LogP contribution in [0.15, 0.2) is 91.0 Å². The molecule has 0 saturated carbocycles. The zero-order chi connectivity index (χ0) is 19.6. The molecule has 0 amide bonds. The van der Waals surface area contributed by atoms with Gasteiger partial charge in [0.05, 0.1) is 24.0 Å². The van der Waals surface area contributed by atoms with Crippen LogP contribution in [0.25, 0.3) is 27.4 Å². The normalized spacial score (nSPS) is 11.2. The Hall–Kier alpha value is -3.59. The molecule has 5 rings (SSSR count). The average molecular weight is 378 g/mol. The first kappa shape index (κ1) is 17.5. The number of rotatable bonds is 5. The summed E-state index contributed by atoms with van der Waals surface area (Å²) in [6, 6.07) is 31.5. The molecule has 3 nitrogen and oxygen atoms in total. The SMILES string of the molecule is COc1cc2c(CCc3ccccc3)nn(-c3ccccc3)c2c2ccccc12. The Morgan fingerprint density at radius 2 is 1.38 bits per heavy atom. The maximum absolute atomic E-state index is 5.73. The molecule has 0 atom stereocenters. The van der Waals surface area contributed by atoms with E-state index >= 15 is 0 Å². The van der Waals surface area contributed by atoms with Crippen molar-refractivity contribution in [2.75, 3.05) is 7.11 Å². The third-order valence-electron chi connectivity index (χ3n) is 5.44. The number of fused-ring (bicyclic) bond motifs is 3. The Morgan fingerprint density at radius 1 is 0.724 bits per heavy atom. The van der Waals surface area contributed by atoms with Gasteiger partial charge >= 0.3 is 0 Å². The van der Waals surface area contributed by atoms with Gasteiger partial charge in [0.25, 0.3) is 0 Å². The van der Waals surface area contributed by atoms with Crippen molar-refractivity contribution in [3.63, 3.8) is 0 Å². The molecule has 0 fully saturated rings. The molecule has 0 spiro atoms. The Morgan fingerprint density at radius 3 is 2.10 bits per heavy atom. The molecule has 142 valence electrons. The van der Waals surface area contributed by atoms with E-state index in [-0.39, 0.29) is 0 Å². The summed E-state index contributed by atoms with van der Waals surface area (Å²) in [5, 5.41) is 8.48. The molecule has 0 saturated heterocycles. The number of ether oxygens (including phenoxy) is 1. The van der Waals surface area contributed by atoms with Crippen LogP contribution in [0, 0.1) is 0 Å². The summed E-state index contributed by atoms with van der Waals surface area (Å²) in [7, 11) is 1.73. The molecule has 0 aliphatic rings. The largest absolute Gasteiger partial charge is 0.496 e. The number of hydrogen-bond donors (Lipinski definition) is 0. The predicted octanol–water partition coefficient (Wildman–Crippen LogP) is 5.97. The molecule has 5 aromatic rings. The van der Waals surface area contributed by atoms with E-state index in [1.54, 1.807) is 7.11 Å². The van der Waals surface area contributed by atoms with E-state index in [0.717, 1.165) is 51.6 Å². The molecule has 0 bridgehead atoms. The van der Waals surface area contributed by atoms with E-state index < -0.39 is 0 Å². The minimum Gasteiger partial charge on any atom is -0.496 e. The van der Waals surface area contributed by atoms with E-state index in [4.69, 9.17) is 9.84 Å². The van der Waals surface area contributed by atoms with Crippen molar-refractivity contribution in [2.45, 2.75) is 12.8 Å². The highest BCUT2D eigenvalue weighted by molar-refractivity contribution is 6.10. The van der Waals surface area contributed by atoms with Crippen molar-refractivity contribution in [3.8, 4) is 11.4 Å². The summed E-state index contributed by atoms with van der Waals surface area (Å²) >= 11 is 0. The minimum absolute atomic E-state index is 0.877. The third-order valence-corrected chi connectivity index (χ3v) is 5.44. The zero-order valence-corrected chi connectivity index (χ0v) is 16.4. The monoisotopic (exact) mass is 378 g/mol. The van der Waals surface area contributed by atoms with Gasteiger partial charge in [-0.05, 0) is 36.6 Å². The fraction of sp³-hybridized carbons (Fsp3) is 0.115. The molecule has 0 radical (unpaired) electrons. The van der Waals surface area contributed by atoms with Gasteiger partial charge in [-0.1, -0.05) is 72.8 Å². The van der Waals surface area contributed by atoms with Gasteiger partial charge in [0.1, 0.15) is 5.75 Å². The summed E-state index contributed by atoms with van der Waals surface area (Å²) in [6.07, 6.45) is 1.83. The van der Waals surface area contributed by atoms with Crippen molar-refractivity contribution in [1.82, 2.24) is 9.78 Å². The molecule has 4 aromatic carbocycles. The second-order valence-electron chi connectivity index (χ2n) is 7.20. The molecular formula is C26H22N2O. The van der Waals surface area contributed by atoms with E-state index in [9.17, 15) is 0 Å². The van der Waals surface area contributed by atoms with Crippen LogP contribution in [0.1, 0.15) is 11.3 Å². The first-order valence-electron chi connectivity index (χ1n) is 9.92. The highest BCUT2D eigenvalue weighted by Crippen LogP contribution is 2.36. The molecule has 29 heavy (non-hydrogen) atoms.